The zero-order chi connectivity index (χ0) is 24.5. The van der Waals surface area contributed by atoms with Crippen LogP contribution in [0.4, 0.5) is 13.2 Å². The number of ketones is 1. The van der Waals surface area contributed by atoms with Crippen LogP contribution in [-0.2, 0) is 11.3 Å². The molecule has 0 bridgehead atoms. The average Bonchev–Trinajstić information content (AvgIpc) is 3.38. The van der Waals surface area contributed by atoms with Crippen LogP contribution in [0.5, 0.6) is 0 Å². The number of aromatic nitrogens is 3. The van der Waals surface area contributed by atoms with E-state index in [-0.39, 0.29) is 48.2 Å². The zero-order valence-corrected chi connectivity index (χ0v) is 20.2. The lowest BCUT2D eigenvalue weighted by atomic mass is 9.49. The Hall–Kier alpha value is -1.96. The fourth-order valence-corrected chi connectivity index (χ4v) is 8.96. The third-order valence-corrected chi connectivity index (χ3v) is 10.6. The van der Waals surface area contributed by atoms with Gasteiger partial charge in [-0.05, 0) is 105 Å². The van der Waals surface area contributed by atoms with Crippen LogP contribution in [0.25, 0.3) is 11.0 Å². The molecule has 35 heavy (non-hydrogen) atoms. The Morgan fingerprint density at radius 1 is 1.11 bits per heavy atom. The summed E-state index contributed by atoms with van der Waals surface area (Å²) in [6.07, 6.45) is 4.34. The molecule has 5 nitrogen and oxygen atoms in total. The van der Waals surface area contributed by atoms with Gasteiger partial charge in [-0.15, -0.1) is 5.10 Å². The molecule has 0 aliphatic heterocycles. The Morgan fingerprint density at radius 2 is 1.91 bits per heavy atom. The van der Waals surface area contributed by atoms with E-state index in [9.17, 15) is 23.1 Å². The van der Waals surface area contributed by atoms with Crippen LogP contribution in [0.1, 0.15) is 64.7 Å². The van der Waals surface area contributed by atoms with E-state index >= 15 is 0 Å². The van der Waals surface area contributed by atoms with E-state index in [4.69, 9.17) is 0 Å². The van der Waals surface area contributed by atoms with E-state index < -0.39 is 12.0 Å². The van der Waals surface area contributed by atoms with Gasteiger partial charge in [0, 0.05) is 12.0 Å². The van der Waals surface area contributed by atoms with Crippen molar-refractivity contribution in [2.45, 2.75) is 83.3 Å². The van der Waals surface area contributed by atoms with Gasteiger partial charge in [-0.3, -0.25) is 4.79 Å². The molecule has 6 rings (SSSR count). The number of carbonyl (C=O) groups is 1. The molecule has 1 aromatic carbocycles. The second kappa shape index (κ2) is 8.29. The van der Waals surface area contributed by atoms with Gasteiger partial charge in [0.2, 0.25) is 0 Å². The van der Waals surface area contributed by atoms with Gasteiger partial charge < -0.3 is 5.11 Å². The van der Waals surface area contributed by atoms with Crippen molar-refractivity contribution in [1.29, 1.82) is 0 Å². The highest BCUT2D eigenvalue weighted by Gasteiger charge is 2.59. The molecule has 0 amide bonds. The second-order valence-corrected chi connectivity index (χ2v) is 12.1. The third kappa shape index (κ3) is 3.65. The average molecular weight is 490 g/mol. The van der Waals surface area contributed by atoms with Crippen molar-refractivity contribution in [2.24, 2.45) is 40.9 Å². The maximum absolute atomic E-state index is 13.5. The fraction of sp³-hybridized carbons (Fsp3) is 0.741. The molecule has 1 aromatic heterocycles. The SMILES string of the molecule is CC12CCC3C4CCC(O)(C(F)F)CC4CCC3C1CCC2C(=O)Cn1nnc2cc(F)ccc21. The van der Waals surface area contributed by atoms with Crippen LogP contribution in [0, 0.1) is 46.7 Å². The van der Waals surface area contributed by atoms with Gasteiger partial charge in [0.05, 0.1) is 5.52 Å². The van der Waals surface area contributed by atoms with E-state index in [0.717, 1.165) is 38.5 Å². The van der Waals surface area contributed by atoms with E-state index in [1.54, 1.807) is 10.7 Å². The van der Waals surface area contributed by atoms with Crippen LogP contribution in [-0.4, -0.2) is 37.9 Å². The number of rotatable bonds is 4. The minimum Gasteiger partial charge on any atom is -0.384 e. The quantitative estimate of drug-likeness (QED) is 0.624. The number of aliphatic hydroxyl groups is 1. The molecule has 2 aromatic rings. The highest BCUT2D eigenvalue weighted by Crippen LogP contribution is 2.65. The first-order valence-electron chi connectivity index (χ1n) is 13.2. The van der Waals surface area contributed by atoms with E-state index in [1.807, 2.05) is 0 Å². The molecular weight excluding hydrogens is 455 g/mol. The van der Waals surface area contributed by atoms with Crippen molar-refractivity contribution in [1.82, 2.24) is 15.0 Å². The number of Topliss-reactive ketones (excluding diaryl/α,β-unsaturated/α-hetero) is 1. The van der Waals surface area contributed by atoms with Crippen LogP contribution in [0.15, 0.2) is 18.2 Å². The fourth-order valence-electron chi connectivity index (χ4n) is 8.96. The molecular formula is C27H34F3N3O2. The molecule has 0 saturated heterocycles. The predicted molar refractivity (Wildman–Crippen MR) is 124 cm³/mol. The molecule has 8 atom stereocenters. The van der Waals surface area contributed by atoms with Crippen LogP contribution in [0.3, 0.4) is 0 Å². The predicted octanol–water partition coefficient (Wildman–Crippen LogP) is 5.40. The van der Waals surface area contributed by atoms with Gasteiger partial charge in [-0.1, -0.05) is 12.1 Å². The lowest BCUT2D eigenvalue weighted by molar-refractivity contribution is -0.160. The monoisotopic (exact) mass is 489 g/mol. The highest BCUT2D eigenvalue weighted by atomic mass is 19.3. The van der Waals surface area contributed by atoms with Gasteiger partial charge in [0.15, 0.2) is 5.78 Å². The Balaban J connectivity index is 1.18. The molecule has 8 heteroatoms. The molecule has 1 heterocycles. The summed E-state index contributed by atoms with van der Waals surface area (Å²) in [5.41, 5.74) is -0.731. The van der Waals surface area contributed by atoms with Gasteiger partial charge in [0.1, 0.15) is 23.5 Å². The maximum atomic E-state index is 13.5. The maximum Gasteiger partial charge on any atom is 0.266 e. The molecule has 190 valence electrons. The molecule has 0 spiro atoms. The number of benzene rings is 1. The summed E-state index contributed by atoms with van der Waals surface area (Å²) in [4.78, 5) is 13.5. The number of halogens is 3. The highest BCUT2D eigenvalue weighted by molar-refractivity contribution is 5.84. The molecule has 0 radical (unpaired) electrons. The smallest absolute Gasteiger partial charge is 0.266 e. The normalized spacial score (nSPS) is 41.0. The van der Waals surface area contributed by atoms with Gasteiger partial charge in [-0.25, -0.2) is 17.9 Å². The Labute approximate surface area is 203 Å². The lowest BCUT2D eigenvalue weighted by Crippen LogP contribution is -2.53. The Morgan fingerprint density at radius 3 is 2.71 bits per heavy atom. The standard InChI is InChI=1S/C27H34F3N3O2/c1-26-10-8-18-17-9-11-27(35,25(29)30)13-15(17)2-4-19(18)20(26)5-6-21(26)24(34)14-33-23-7-3-16(28)12-22(23)31-32-33/h3,7,12,15,17-21,25,35H,2,4-6,8-11,13-14H2,1H3. The van der Waals surface area contributed by atoms with Crippen LogP contribution >= 0.6 is 0 Å². The minimum absolute atomic E-state index is 0.0267. The van der Waals surface area contributed by atoms with Crippen LogP contribution in [0.2, 0.25) is 0 Å². The van der Waals surface area contributed by atoms with E-state index in [2.05, 4.69) is 17.2 Å². The summed E-state index contributed by atoms with van der Waals surface area (Å²) in [5.74, 6) is 1.95. The summed E-state index contributed by atoms with van der Waals surface area (Å²) >= 11 is 0. The molecule has 4 aliphatic rings. The largest absolute Gasteiger partial charge is 0.384 e. The van der Waals surface area contributed by atoms with Crippen molar-refractivity contribution < 1.29 is 23.1 Å². The molecule has 1 N–H and O–H groups in total. The topological polar surface area (TPSA) is 68.0 Å². The number of fused-ring (bicyclic) bond motifs is 6. The van der Waals surface area contributed by atoms with Crippen molar-refractivity contribution in [3.8, 4) is 0 Å². The van der Waals surface area contributed by atoms with Gasteiger partial charge >= 0.3 is 0 Å². The molecule has 4 fully saturated rings. The van der Waals surface area contributed by atoms with Gasteiger partial charge in [-0.2, -0.15) is 0 Å². The second-order valence-electron chi connectivity index (χ2n) is 12.1. The number of carbonyl (C=O) groups excluding carboxylic acids is 1. The Bertz CT molecular complexity index is 1140. The molecule has 8 unspecified atom stereocenters. The summed E-state index contributed by atoms with van der Waals surface area (Å²) in [7, 11) is 0. The van der Waals surface area contributed by atoms with E-state index in [1.165, 1.54) is 12.1 Å². The molecule has 4 saturated carbocycles. The third-order valence-electron chi connectivity index (χ3n) is 10.6. The van der Waals surface area contributed by atoms with E-state index in [0.29, 0.717) is 41.1 Å². The first kappa shape index (κ1) is 23.4. The van der Waals surface area contributed by atoms with Crippen molar-refractivity contribution in [2.75, 3.05) is 0 Å². The number of hydrogen-bond acceptors (Lipinski definition) is 4. The summed E-state index contributed by atoms with van der Waals surface area (Å²) in [5, 5.41) is 18.6. The first-order chi connectivity index (χ1) is 16.7. The molecule has 4 aliphatic carbocycles. The lowest BCUT2D eigenvalue weighted by Gasteiger charge is -2.57. The number of alkyl halides is 2. The van der Waals surface area contributed by atoms with Crippen LogP contribution < -0.4 is 0 Å². The Kier molecular flexibility index (Phi) is 5.55. The van der Waals surface area contributed by atoms with Crippen molar-refractivity contribution in [3.63, 3.8) is 0 Å². The number of nitrogens with zero attached hydrogens (tertiary/aromatic N) is 3. The van der Waals surface area contributed by atoms with Gasteiger partial charge in [0.25, 0.3) is 6.43 Å². The van der Waals surface area contributed by atoms with Crippen molar-refractivity contribution >= 4 is 16.8 Å². The zero-order valence-electron chi connectivity index (χ0n) is 20.2. The summed E-state index contributed by atoms with van der Waals surface area (Å²) in [6, 6.07) is 4.33. The first-order valence-corrected chi connectivity index (χ1v) is 13.2. The number of hydrogen-bond donors (Lipinski definition) is 1. The van der Waals surface area contributed by atoms with Crippen molar-refractivity contribution in [3.05, 3.63) is 24.0 Å². The minimum atomic E-state index is -2.67. The summed E-state index contributed by atoms with van der Waals surface area (Å²) in [6.45, 7) is 2.45. The summed E-state index contributed by atoms with van der Waals surface area (Å²) < 4.78 is 42.1.